The van der Waals surface area contributed by atoms with Crippen LogP contribution in [0.5, 0.6) is 0 Å². The lowest BCUT2D eigenvalue weighted by molar-refractivity contribution is 0.0686. The van der Waals surface area contributed by atoms with Crippen LogP contribution in [0.4, 0.5) is 0 Å². The number of carbonyl (C=O) groups is 2. The minimum Gasteiger partial charge on any atom is -0.478 e. The van der Waals surface area contributed by atoms with Gasteiger partial charge in [-0.25, -0.2) is 19.0 Å². The van der Waals surface area contributed by atoms with Crippen LogP contribution in [-0.4, -0.2) is 41.7 Å². The summed E-state index contributed by atoms with van der Waals surface area (Å²) in [6, 6.07) is 29.2. The maximum Gasteiger partial charge on any atom is 0.335 e. The maximum absolute atomic E-state index is 14.3. The minimum absolute atomic E-state index is 0.00322. The lowest BCUT2D eigenvalue weighted by Crippen LogP contribution is -2.25. The van der Waals surface area contributed by atoms with Gasteiger partial charge in [0.15, 0.2) is 0 Å². The average Bonchev–Trinajstić information content (AvgIpc) is 3.77. The standard InChI is InChI=1S/C37H28N4O7/c1-20-31(34(42)40(38-20)25-12-5-10-23(18-25)36(44)45)33(30-17-16-29(48-30)28-15-7-9-22-8-3-4-14-27(22)28)32-21(2)39-41(35(32)43)26-13-6-11-24(19-26)37(46)47/h3-19,33,38-39H,1-2H3,(H,44,45)(H,46,47). The van der Waals surface area contributed by atoms with Crippen molar-refractivity contribution in [3.05, 3.63) is 163 Å². The number of aromatic amines is 2. The number of fused-ring (bicyclic) bond motifs is 1. The number of nitrogens with zero attached hydrogens (tertiary/aromatic N) is 2. The molecule has 11 heteroatoms. The summed E-state index contributed by atoms with van der Waals surface area (Å²) in [5.74, 6) is -2.42. The van der Waals surface area contributed by atoms with Crippen molar-refractivity contribution in [1.82, 2.24) is 19.6 Å². The molecule has 0 bridgehead atoms. The summed E-state index contributed by atoms with van der Waals surface area (Å²) in [4.78, 5) is 52.0. The summed E-state index contributed by atoms with van der Waals surface area (Å²) >= 11 is 0. The van der Waals surface area contributed by atoms with Crippen LogP contribution >= 0.6 is 0 Å². The van der Waals surface area contributed by atoms with E-state index in [0.29, 0.717) is 34.3 Å². The third kappa shape index (κ3) is 5.03. The van der Waals surface area contributed by atoms with Gasteiger partial charge < -0.3 is 14.6 Å². The molecular formula is C37H28N4O7. The van der Waals surface area contributed by atoms with Gasteiger partial charge in [-0.15, -0.1) is 0 Å². The number of carboxylic acids is 2. The van der Waals surface area contributed by atoms with E-state index in [0.717, 1.165) is 16.3 Å². The zero-order valence-electron chi connectivity index (χ0n) is 25.7. The van der Waals surface area contributed by atoms with Gasteiger partial charge >= 0.3 is 11.9 Å². The fourth-order valence-corrected chi connectivity index (χ4v) is 6.24. The molecule has 0 fully saturated rings. The molecule has 0 aliphatic rings. The van der Waals surface area contributed by atoms with Crippen LogP contribution in [0.2, 0.25) is 0 Å². The molecule has 48 heavy (non-hydrogen) atoms. The highest BCUT2D eigenvalue weighted by Gasteiger charge is 2.33. The Bertz CT molecular complexity index is 2390. The van der Waals surface area contributed by atoms with Crippen LogP contribution in [0.15, 0.2) is 117 Å². The van der Waals surface area contributed by atoms with Crippen molar-refractivity contribution in [2.75, 3.05) is 0 Å². The van der Waals surface area contributed by atoms with Gasteiger partial charge in [-0.3, -0.25) is 19.8 Å². The van der Waals surface area contributed by atoms with Gasteiger partial charge in [-0.05, 0) is 73.2 Å². The number of carboxylic acid groups (broad SMARTS) is 2. The highest BCUT2D eigenvalue weighted by Crippen LogP contribution is 2.37. The van der Waals surface area contributed by atoms with Gasteiger partial charge in [0.25, 0.3) is 11.1 Å². The molecule has 0 spiro atoms. The van der Waals surface area contributed by atoms with E-state index in [2.05, 4.69) is 10.2 Å². The summed E-state index contributed by atoms with van der Waals surface area (Å²) in [5.41, 5.74) is 1.77. The summed E-state index contributed by atoms with van der Waals surface area (Å²) in [5, 5.41) is 27.2. The van der Waals surface area contributed by atoms with E-state index >= 15 is 0 Å². The summed E-state index contributed by atoms with van der Waals surface area (Å²) < 4.78 is 9.01. The molecule has 3 heterocycles. The molecule has 238 valence electrons. The number of hydrogen-bond acceptors (Lipinski definition) is 5. The molecule has 0 radical (unpaired) electrons. The number of rotatable bonds is 8. The SMILES string of the molecule is Cc1[nH]n(-c2cccc(C(=O)O)c2)c(=O)c1C(c1ccc(-c2cccc3ccccc23)o1)c1c(C)[nH]n(-c2cccc(C(=O)O)c2)c1=O. The Morgan fingerprint density at radius 3 is 1.75 bits per heavy atom. The first-order valence-corrected chi connectivity index (χ1v) is 15.0. The lowest BCUT2D eigenvalue weighted by atomic mass is 9.89. The second kappa shape index (κ2) is 11.6. The second-order valence-electron chi connectivity index (χ2n) is 11.5. The molecule has 11 nitrogen and oxygen atoms in total. The Kier molecular flexibility index (Phi) is 7.28. The first-order chi connectivity index (χ1) is 23.1. The molecule has 3 aromatic heterocycles. The van der Waals surface area contributed by atoms with Crippen LogP contribution in [0, 0.1) is 13.8 Å². The van der Waals surface area contributed by atoms with Crippen LogP contribution in [0.25, 0.3) is 33.5 Å². The molecule has 4 aromatic carbocycles. The van der Waals surface area contributed by atoms with Crippen molar-refractivity contribution in [1.29, 1.82) is 0 Å². The molecule has 0 unspecified atom stereocenters. The lowest BCUT2D eigenvalue weighted by Gasteiger charge is -2.13. The van der Waals surface area contributed by atoms with Crippen molar-refractivity contribution in [2.24, 2.45) is 0 Å². The predicted octanol–water partition coefficient (Wildman–Crippen LogP) is 6.25. The van der Waals surface area contributed by atoms with E-state index < -0.39 is 29.0 Å². The van der Waals surface area contributed by atoms with E-state index in [4.69, 9.17) is 4.42 Å². The molecule has 0 saturated carbocycles. The van der Waals surface area contributed by atoms with Crippen LogP contribution in [0.1, 0.15) is 54.9 Å². The fourth-order valence-electron chi connectivity index (χ4n) is 6.24. The molecule has 0 amide bonds. The molecule has 4 N–H and O–H groups in total. The topological polar surface area (TPSA) is 163 Å². The first-order valence-electron chi connectivity index (χ1n) is 15.0. The summed E-state index contributed by atoms with van der Waals surface area (Å²) in [7, 11) is 0. The van der Waals surface area contributed by atoms with Gasteiger partial charge in [0.2, 0.25) is 0 Å². The first kappa shape index (κ1) is 30.1. The number of H-pyrrole nitrogens is 2. The van der Waals surface area contributed by atoms with Gasteiger partial charge in [0, 0.05) is 17.0 Å². The summed E-state index contributed by atoms with van der Waals surface area (Å²) in [6.45, 7) is 3.40. The summed E-state index contributed by atoms with van der Waals surface area (Å²) in [6.07, 6.45) is 0. The average molecular weight is 641 g/mol. The third-order valence-electron chi connectivity index (χ3n) is 8.48. The second-order valence-corrected chi connectivity index (χ2v) is 11.5. The van der Waals surface area contributed by atoms with Crippen LogP contribution in [-0.2, 0) is 0 Å². The normalized spacial score (nSPS) is 11.4. The predicted molar refractivity (Wildman–Crippen MR) is 179 cm³/mol. The van der Waals surface area contributed by atoms with Gasteiger partial charge in [0.1, 0.15) is 11.5 Å². The van der Waals surface area contributed by atoms with Crippen molar-refractivity contribution >= 4 is 22.7 Å². The molecule has 7 aromatic rings. The fraction of sp³-hybridized carbons (Fsp3) is 0.0811. The molecule has 7 rings (SSSR count). The largest absolute Gasteiger partial charge is 0.478 e. The van der Waals surface area contributed by atoms with Crippen molar-refractivity contribution in [3.8, 4) is 22.7 Å². The Hall–Kier alpha value is -6.62. The molecule has 0 aliphatic heterocycles. The zero-order valence-corrected chi connectivity index (χ0v) is 25.7. The van der Waals surface area contributed by atoms with Crippen molar-refractivity contribution in [3.63, 3.8) is 0 Å². The van der Waals surface area contributed by atoms with Crippen molar-refractivity contribution < 1.29 is 24.2 Å². The van der Waals surface area contributed by atoms with Crippen LogP contribution in [0.3, 0.4) is 0 Å². The number of nitrogens with one attached hydrogen (secondary N) is 2. The number of aromatic nitrogens is 4. The highest BCUT2D eigenvalue weighted by molar-refractivity contribution is 5.95. The molecule has 0 aliphatic carbocycles. The van der Waals surface area contributed by atoms with Crippen molar-refractivity contribution in [2.45, 2.75) is 19.8 Å². The van der Waals surface area contributed by atoms with E-state index in [1.807, 2.05) is 42.5 Å². The maximum atomic E-state index is 14.3. The number of aromatic carboxylic acids is 2. The monoisotopic (exact) mass is 640 g/mol. The Morgan fingerprint density at radius 1 is 0.667 bits per heavy atom. The molecule has 0 atom stereocenters. The van der Waals surface area contributed by atoms with E-state index in [1.165, 1.54) is 33.6 Å². The number of benzene rings is 4. The van der Waals surface area contributed by atoms with Crippen LogP contribution < -0.4 is 11.1 Å². The van der Waals surface area contributed by atoms with Gasteiger partial charge in [-0.1, -0.05) is 54.6 Å². The Morgan fingerprint density at radius 2 is 1.19 bits per heavy atom. The smallest absolute Gasteiger partial charge is 0.335 e. The van der Waals surface area contributed by atoms with Gasteiger partial charge in [0.05, 0.1) is 39.5 Å². The van der Waals surface area contributed by atoms with E-state index in [1.54, 1.807) is 50.2 Å². The van der Waals surface area contributed by atoms with E-state index in [-0.39, 0.29) is 22.3 Å². The highest BCUT2D eigenvalue weighted by atomic mass is 16.4. The Balaban J connectivity index is 1.45. The molecule has 0 saturated heterocycles. The zero-order chi connectivity index (χ0) is 33.7. The molecular weight excluding hydrogens is 612 g/mol. The van der Waals surface area contributed by atoms with E-state index in [9.17, 15) is 29.4 Å². The minimum atomic E-state index is -1.14. The Labute approximate surface area is 271 Å². The third-order valence-corrected chi connectivity index (χ3v) is 8.48. The number of aryl methyl sites for hydroxylation is 2. The quantitative estimate of drug-likeness (QED) is 0.153. The number of hydrogen-bond donors (Lipinski definition) is 4. The number of furan rings is 1. The van der Waals surface area contributed by atoms with Gasteiger partial charge in [-0.2, -0.15) is 0 Å².